The van der Waals surface area contributed by atoms with E-state index in [2.05, 4.69) is 21.3 Å². The Morgan fingerprint density at radius 3 is 2.83 bits per heavy atom. The molecule has 0 spiro atoms. The van der Waals surface area contributed by atoms with Crippen molar-refractivity contribution in [1.29, 1.82) is 5.26 Å². The number of benzene rings is 1. The number of hydrogen-bond acceptors (Lipinski definition) is 4. The molecular formula is C28H24F2N8O2. The largest absolute Gasteiger partial charge is 0.345 e. The van der Waals surface area contributed by atoms with Gasteiger partial charge in [-0.3, -0.25) is 19.4 Å². The minimum atomic E-state index is -2.89. The van der Waals surface area contributed by atoms with Crippen molar-refractivity contribution >= 4 is 22.6 Å². The number of aromatic amines is 2. The fraction of sp³-hybridized carbons (Fsp3) is 0.286. The third-order valence-electron chi connectivity index (χ3n) is 7.81. The number of nitrogens with one attached hydrogen (secondary N) is 2. The summed E-state index contributed by atoms with van der Waals surface area (Å²) >= 11 is 0. The van der Waals surface area contributed by atoms with Gasteiger partial charge in [0.2, 0.25) is 0 Å². The Balaban J connectivity index is 1.33. The van der Waals surface area contributed by atoms with E-state index in [1.165, 1.54) is 4.90 Å². The highest BCUT2D eigenvalue weighted by atomic mass is 19.3. The van der Waals surface area contributed by atoms with E-state index >= 15 is 0 Å². The maximum atomic E-state index is 14.1. The molecule has 7 rings (SSSR count). The number of likely N-dealkylation sites (tertiary alicyclic amines) is 1. The third-order valence-corrected chi connectivity index (χ3v) is 7.81. The lowest BCUT2D eigenvalue weighted by molar-refractivity contribution is -0.0557. The van der Waals surface area contributed by atoms with Crippen molar-refractivity contribution in [2.75, 3.05) is 19.6 Å². The minimum Gasteiger partial charge on any atom is -0.345 e. The number of nitriles is 1. The molecule has 5 aromatic rings. The molecule has 2 N–H and O–H groups in total. The predicted octanol–water partition coefficient (Wildman–Crippen LogP) is 4.18. The first-order valence-corrected chi connectivity index (χ1v) is 13.0. The summed E-state index contributed by atoms with van der Waals surface area (Å²) in [4.78, 5) is 33.6. The van der Waals surface area contributed by atoms with E-state index < -0.39 is 18.5 Å². The highest BCUT2D eigenvalue weighted by Crippen LogP contribution is 2.38. The van der Waals surface area contributed by atoms with Crippen LogP contribution in [0.1, 0.15) is 24.0 Å². The molecule has 4 aromatic heterocycles. The fourth-order valence-corrected chi connectivity index (χ4v) is 6.02. The lowest BCUT2D eigenvalue weighted by Crippen LogP contribution is -2.51. The molecule has 6 heterocycles. The van der Waals surface area contributed by atoms with Crippen LogP contribution in [-0.2, 0) is 13.1 Å². The van der Waals surface area contributed by atoms with Gasteiger partial charge < -0.3 is 14.4 Å². The van der Waals surface area contributed by atoms with Gasteiger partial charge >= 0.3 is 6.03 Å². The molecule has 1 saturated heterocycles. The van der Waals surface area contributed by atoms with Crippen molar-refractivity contribution < 1.29 is 13.6 Å². The zero-order chi connectivity index (χ0) is 27.6. The standard InChI is InChI=1S/C28H24F2N8O2/c29-28(30)5-3-6-37(16-28)27(40)36-9-8-35-15-20(19-11-17(12-31)10-18(14-36)25(19)35)24-23(26(39)34-33-24)21-13-32-22-4-1-2-7-38(21)22/h1-2,4,7,10-11,13,15H,3,5-6,8-9,14,16H2,(H2,33,34,39). The summed E-state index contributed by atoms with van der Waals surface area (Å²) in [6, 6.07) is 10.9. The van der Waals surface area contributed by atoms with E-state index in [0.717, 1.165) is 22.0 Å². The lowest BCUT2D eigenvalue weighted by atomic mass is 10.0. The molecule has 2 amide bonds. The van der Waals surface area contributed by atoms with E-state index in [1.807, 2.05) is 39.6 Å². The zero-order valence-electron chi connectivity index (χ0n) is 21.3. The molecule has 2 aliphatic rings. The SMILES string of the molecule is N#Cc1cc2c3c(c1)c(-c1[nH][nH]c(=O)c1-c1cnc4ccccn14)cn3CCN(C(=O)N1CCCC(F)(F)C1)C2. The van der Waals surface area contributed by atoms with E-state index in [1.54, 1.807) is 23.2 Å². The van der Waals surface area contributed by atoms with Crippen LogP contribution in [0.3, 0.4) is 0 Å². The van der Waals surface area contributed by atoms with Crippen molar-refractivity contribution in [3.8, 4) is 28.6 Å². The molecule has 0 bridgehead atoms. The average molecular weight is 543 g/mol. The van der Waals surface area contributed by atoms with Gasteiger partial charge in [0.05, 0.1) is 46.8 Å². The van der Waals surface area contributed by atoms with Crippen LogP contribution in [0, 0.1) is 11.3 Å². The maximum absolute atomic E-state index is 14.1. The second-order valence-electron chi connectivity index (χ2n) is 10.4. The maximum Gasteiger partial charge on any atom is 0.320 e. The summed E-state index contributed by atoms with van der Waals surface area (Å²) in [5, 5.41) is 16.3. The van der Waals surface area contributed by atoms with Gasteiger partial charge in [0.25, 0.3) is 11.5 Å². The summed E-state index contributed by atoms with van der Waals surface area (Å²) in [6.45, 7) is 0.622. The van der Waals surface area contributed by atoms with E-state index in [0.29, 0.717) is 47.8 Å². The first kappa shape index (κ1) is 24.1. The number of imidazole rings is 1. The summed E-state index contributed by atoms with van der Waals surface area (Å²) < 4.78 is 31.9. The number of hydrogen-bond donors (Lipinski definition) is 2. The topological polar surface area (TPSA) is 118 Å². The normalized spacial score (nSPS) is 16.8. The minimum absolute atomic E-state index is 0.181. The van der Waals surface area contributed by atoms with Crippen LogP contribution in [0.5, 0.6) is 0 Å². The molecule has 2 aliphatic heterocycles. The number of rotatable bonds is 2. The molecular weight excluding hydrogens is 518 g/mol. The predicted molar refractivity (Wildman–Crippen MR) is 143 cm³/mol. The van der Waals surface area contributed by atoms with Crippen molar-refractivity contribution in [1.82, 2.24) is 33.9 Å². The summed E-state index contributed by atoms with van der Waals surface area (Å²) in [6.07, 6.45) is 5.44. The first-order valence-electron chi connectivity index (χ1n) is 13.0. The van der Waals surface area contributed by atoms with Crippen LogP contribution in [-0.4, -0.2) is 65.5 Å². The smallest absolute Gasteiger partial charge is 0.320 e. The van der Waals surface area contributed by atoms with Gasteiger partial charge in [0, 0.05) is 55.9 Å². The molecule has 1 aromatic carbocycles. The number of aromatic nitrogens is 5. The number of amides is 2. The zero-order valence-corrected chi connectivity index (χ0v) is 21.3. The third kappa shape index (κ3) is 3.77. The summed E-state index contributed by atoms with van der Waals surface area (Å²) in [7, 11) is 0. The van der Waals surface area contributed by atoms with Crippen molar-refractivity contribution in [2.45, 2.75) is 31.9 Å². The Morgan fingerprint density at radius 2 is 2.00 bits per heavy atom. The quantitative estimate of drug-likeness (QED) is 0.348. The van der Waals surface area contributed by atoms with E-state index in [4.69, 9.17) is 0 Å². The number of halogens is 2. The van der Waals surface area contributed by atoms with Crippen LogP contribution in [0.2, 0.25) is 0 Å². The second-order valence-corrected chi connectivity index (χ2v) is 10.4. The monoisotopic (exact) mass is 542 g/mol. The Morgan fingerprint density at radius 1 is 1.12 bits per heavy atom. The van der Waals surface area contributed by atoms with Crippen LogP contribution < -0.4 is 5.56 Å². The van der Waals surface area contributed by atoms with E-state index in [-0.39, 0.29) is 24.9 Å². The van der Waals surface area contributed by atoms with Crippen molar-refractivity contribution in [3.63, 3.8) is 0 Å². The number of carbonyl (C=O) groups excluding carboxylic acids is 1. The molecule has 0 saturated carbocycles. The second kappa shape index (κ2) is 8.81. The molecule has 202 valence electrons. The molecule has 1 fully saturated rings. The van der Waals surface area contributed by atoms with Crippen LogP contribution in [0.15, 0.2) is 53.7 Å². The van der Waals surface area contributed by atoms with Crippen LogP contribution in [0.4, 0.5) is 13.6 Å². The number of nitrogens with zero attached hydrogens (tertiary/aromatic N) is 6. The number of pyridine rings is 1. The first-order chi connectivity index (χ1) is 19.3. The molecule has 0 radical (unpaired) electrons. The Hall–Kier alpha value is -4.92. The summed E-state index contributed by atoms with van der Waals surface area (Å²) in [5.74, 6) is -2.89. The Kier molecular flexibility index (Phi) is 5.31. The number of carbonyl (C=O) groups is 1. The number of urea groups is 1. The van der Waals surface area contributed by atoms with Crippen molar-refractivity contribution in [3.05, 3.63) is 70.4 Å². The average Bonchev–Trinajstić information content (AvgIpc) is 3.60. The van der Waals surface area contributed by atoms with E-state index in [9.17, 15) is 23.6 Å². The molecule has 0 unspecified atom stereocenters. The molecule has 0 atom stereocenters. The highest BCUT2D eigenvalue weighted by Gasteiger charge is 2.39. The van der Waals surface area contributed by atoms with Gasteiger partial charge in [0.15, 0.2) is 0 Å². The number of H-pyrrole nitrogens is 2. The Labute approximate surface area is 226 Å². The molecule has 12 heteroatoms. The van der Waals surface area contributed by atoms with Gasteiger partial charge in [0.1, 0.15) is 5.65 Å². The van der Waals surface area contributed by atoms with Crippen LogP contribution >= 0.6 is 0 Å². The summed E-state index contributed by atoms with van der Waals surface area (Å²) in [5.41, 5.74) is 4.69. The van der Waals surface area contributed by atoms with Gasteiger partial charge in [-0.25, -0.2) is 18.6 Å². The molecule has 0 aliphatic carbocycles. The van der Waals surface area contributed by atoms with Crippen molar-refractivity contribution in [2.24, 2.45) is 0 Å². The number of piperidine rings is 1. The van der Waals surface area contributed by atoms with Gasteiger partial charge in [-0.1, -0.05) is 6.07 Å². The molecule has 40 heavy (non-hydrogen) atoms. The van der Waals surface area contributed by atoms with Crippen LogP contribution in [0.25, 0.3) is 39.1 Å². The van der Waals surface area contributed by atoms with Gasteiger partial charge in [-0.05, 0) is 36.2 Å². The lowest BCUT2D eigenvalue weighted by Gasteiger charge is -2.36. The fourth-order valence-electron chi connectivity index (χ4n) is 6.02. The van der Waals surface area contributed by atoms with Gasteiger partial charge in [-0.15, -0.1) is 0 Å². The molecule has 10 nitrogen and oxygen atoms in total. The highest BCUT2D eigenvalue weighted by molar-refractivity contribution is 6.01. The number of alkyl halides is 2. The number of fused-ring (bicyclic) bond motifs is 1. The van der Waals surface area contributed by atoms with Gasteiger partial charge in [-0.2, -0.15) is 5.26 Å². The Bertz CT molecular complexity index is 1910.